The molecule has 110 valence electrons. The van der Waals surface area contributed by atoms with Crippen LogP contribution < -0.4 is 5.32 Å². The normalized spacial score (nSPS) is 23.9. The van der Waals surface area contributed by atoms with Crippen LogP contribution >= 0.6 is 0 Å². The molecule has 2 rings (SSSR count). The van der Waals surface area contributed by atoms with Crippen LogP contribution in [0.1, 0.15) is 66.2 Å². The van der Waals surface area contributed by atoms with Crippen molar-refractivity contribution in [1.82, 2.24) is 5.32 Å². The standard InChI is InChI=1S/C17H31NO/c1-12(2)11-18-16(19)15(13(3)4)14-9-17(10-14)7-5-6-8-17/h12-15H,5-11H2,1-4H3,(H,18,19)/t15-/m1/s1. The number of hydrogen-bond acceptors (Lipinski definition) is 1. The lowest BCUT2D eigenvalue weighted by molar-refractivity contribution is -0.132. The number of hydrogen-bond donors (Lipinski definition) is 1. The Balaban J connectivity index is 1.88. The first-order valence-electron chi connectivity index (χ1n) is 8.21. The molecule has 2 aliphatic rings. The summed E-state index contributed by atoms with van der Waals surface area (Å²) >= 11 is 0. The molecule has 19 heavy (non-hydrogen) atoms. The Morgan fingerprint density at radius 1 is 1.16 bits per heavy atom. The number of nitrogens with one attached hydrogen (secondary N) is 1. The van der Waals surface area contributed by atoms with Gasteiger partial charge in [0.1, 0.15) is 0 Å². The maximum atomic E-state index is 12.4. The van der Waals surface area contributed by atoms with Crippen molar-refractivity contribution in [3.05, 3.63) is 0 Å². The fourth-order valence-corrected chi connectivity index (χ4v) is 4.32. The van der Waals surface area contributed by atoms with Crippen molar-refractivity contribution in [3.63, 3.8) is 0 Å². The largest absolute Gasteiger partial charge is 0.356 e. The van der Waals surface area contributed by atoms with Crippen LogP contribution in [-0.4, -0.2) is 12.5 Å². The van der Waals surface area contributed by atoms with Crippen LogP contribution in [0.5, 0.6) is 0 Å². The van der Waals surface area contributed by atoms with Crippen LogP contribution in [0.25, 0.3) is 0 Å². The molecule has 1 N–H and O–H groups in total. The van der Waals surface area contributed by atoms with Crippen molar-refractivity contribution in [3.8, 4) is 0 Å². The van der Waals surface area contributed by atoms with E-state index in [2.05, 4.69) is 33.0 Å². The van der Waals surface area contributed by atoms with E-state index < -0.39 is 0 Å². The summed E-state index contributed by atoms with van der Waals surface area (Å²) in [6, 6.07) is 0. The van der Waals surface area contributed by atoms with E-state index >= 15 is 0 Å². The minimum atomic E-state index is 0.241. The van der Waals surface area contributed by atoms with E-state index in [-0.39, 0.29) is 5.92 Å². The number of carbonyl (C=O) groups excluding carboxylic acids is 1. The average Bonchev–Trinajstić information content (AvgIpc) is 2.74. The second kappa shape index (κ2) is 5.85. The molecule has 0 aromatic heterocycles. The van der Waals surface area contributed by atoms with E-state index in [0.717, 1.165) is 6.54 Å². The molecule has 1 atom stereocenters. The second-order valence-corrected chi connectivity index (χ2v) is 7.78. The van der Waals surface area contributed by atoms with Gasteiger partial charge in [0.05, 0.1) is 0 Å². The molecule has 0 saturated heterocycles. The SMILES string of the molecule is CC(C)CNC(=O)[C@H](C(C)C)C1CC2(CCCC2)C1. The van der Waals surface area contributed by atoms with Gasteiger partial charge in [-0.2, -0.15) is 0 Å². The van der Waals surface area contributed by atoms with Crippen LogP contribution in [0.3, 0.4) is 0 Å². The lowest BCUT2D eigenvalue weighted by Crippen LogP contribution is -2.47. The Hall–Kier alpha value is -0.530. The fraction of sp³-hybridized carbons (Fsp3) is 0.941. The van der Waals surface area contributed by atoms with Crippen molar-refractivity contribution >= 4 is 5.91 Å². The van der Waals surface area contributed by atoms with Crippen LogP contribution in [0, 0.1) is 29.1 Å². The lowest BCUT2D eigenvalue weighted by Gasteiger charge is -2.49. The van der Waals surface area contributed by atoms with Crippen molar-refractivity contribution in [2.45, 2.75) is 66.2 Å². The quantitative estimate of drug-likeness (QED) is 0.800. The van der Waals surface area contributed by atoms with Gasteiger partial charge in [0.15, 0.2) is 0 Å². The molecule has 1 spiro atoms. The van der Waals surface area contributed by atoms with E-state index in [9.17, 15) is 4.79 Å². The third-order valence-electron chi connectivity index (χ3n) is 5.27. The van der Waals surface area contributed by atoms with Crippen molar-refractivity contribution in [1.29, 1.82) is 0 Å². The molecular formula is C17H31NO. The van der Waals surface area contributed by atoms with Gasteiger partial charge in [-0.15, -0.1) is 0 Å². The summed E-state index contributed by atoms with van der Waals surface area (Å²) in [5.74, 6) is 2.20. The molecule has 0 aromatic carbocycles. The highest BCUT2D eigenvalue weighted by molar-refractivity contribution is 5.79. The Labute approximate surface area is 118 Å². The molecule has 0 heterocycles. The minimum absolute atomic E-state index is 0.241. The topological polar surface area (TPSA) is 29.1 Å². The zero-order valence-electron chi connectivity index (χ0n) is 13.2. The summed E-state index contributed by atoms with van der Waals surface area (Å²) in [7, 11) is 0. The maximum absolute atomic E-state index is 12.4. The van der Waals surface area contributed by atoms with Crippen LogP contribution in [0.15, 0.2) is 0 Å². The Morgan fingerprint density at radius 2 is 1.74 bits per heavy atom. The van der Waals surface area contributed by atoms with Crippen molar-refractivity contribution in [2.75, 3.05) is 6.54 Å². The lowest BCUT2D eigenvalue weighted by atomic mass is 9.56. The zero-order chi connectivity index (χ0) is 14.0. The first-order chi connectivity index (χ1) is 8.93. The third kappa shape index (κ3) is 3.32. The van der Waals surface area contributed by atoms with E-state index in [4.69, 9.17) is 0 Å². The smallest absolute Gasteiger partial charge is 0.223 e. The Kier molecular flexibility index (Phi) is 4.58. The highest BCUT2D eigenvalue weighted by Crippen LogP contribution is 2.58. The van der Waals surface area contributed by atoms with Gasteiger partial charge >= 0.3 is 0 Å². The molecule has 0 unspecified atom stereocenters. The van der Waals surface area contributed by atoms with Crippen LogP contribution in [0.4, 0.5) is 0 Å². The number of amides is 1. The van der Waals surface area contributed by atoms with Gasteiger partial charge in [-0.3, -0.25) is 4.79 Å². The molecule has 2 nitrogen and oxygen atoms in total. The first kappa shape index (κ1) is 14.9. The molecule has 2 heteroatoms. The molecule has 0 aromatic rings. The highest BCUT2D eigenvalue weighted by atomic mass is 16.1. The van der Waals surface area contributed by atoms with Gasteiger partial charge in [0, 0.05) is 12.5 Å². The van der Waals surface area contributed by atoms with E-state index in [1.165, 1.54) is 38.5 Å². The molecule has 0 aliphatic heterocycles. The van der Waals surface area contributed by atoms with E-state index in [1.807, 2.05) is 0 Å². The summed E-state index contributed by atoms with van der Waals surface area (Å²) in [5.41, 5.74) is 0.649. The summed E-state index contributed by atoms with van der Waals surface area (Å²) in [6.07, 6.45) is 8.29. The summed E-state index contributed by atoms with van der Waals surface area (Å²) in [5, 5.41) is 3.15. The summed E-state index contributed by atoms with van der Waals surface area (Å²) in [4.78, 5) is 12.4. The van der Waals surface area contributed by atoms with Gasteiger partial charge in [-0.1, -0.05) is 40.5 Å². The number of rotatable bonds is 5. The van der Waals surface area contributed by atoms with Crippen molar-refractivity contribution in [2.24, 2.45) is 29.1 Å². The van der Waals surface area contributed by atoms with Gasteiger partial charge in [-0.25, -0.2) is 0 Å². The average molecular weight is 265 g/mol. The van der Waals surface area contributed by atoms with E-state index in [1.54, 1.807) is 0 Å². The predicted molar refractivity (Wildman–Crippen MR) is 79.8 cm³/mol. The molecule has 0 radical (unpaired) electrons. The second-order valence-electron chi connectivity index (χ2n) is 7.78. The molecule has 2 aliphatic carbocycles. The fourth-order valence-electron chi connectivity index (χ4n) is 4.32. The predicted octanol–water partition coefficient (Wildman–Crippen LogP) is 4.00. The first-order valence-corrected chi connectivity index (χ1v) is 8.21. The summed E-state index contributed by atoms with van der Waals surface area (Å²) in [6.45, 7) is 9.54. The summed E-state index contributed by atoms with van der Waals surface area (Å²) < 4.78 is 0. The maximum Gasteiger partial charge on any atom is 0.223 e. The van der Waals surface area contributed by atoms with E-state index in [0.29, 0.717) is 29.1 Å². The molecular weight excluding hydrogens is 234 g/mol. The van der Waals surface area contributed by atoms with Crippen molar-refractivity contribution < 1.29 is 4.79 Å². The Bertz CT molecular complexity index is 307. The molecule has 2 fully saturated rings. The molecule has 2 saturated carbocycles. The van der Waals surface area contributed by atoms with Gasteiger partial charge in [0.2, 0.25) is 5.91 Å². The monoisotopic (exact) mass is 265 g/mol. The van der Waals surface area contributed by atoms with Crippen LogP contribution in [-0.2, 0) is 4.79 Å². The molecule has 0 bridgehead atoms. The van der Waals surface area contributed by atoms with Gasteiger partial charge in [0.25, 0.3) is 0 Å². The minimum Gasteiger partial charge on any atom is -0.356 e. The zero-order valence-corrected chi connectivity index (χ0v) is 13.2. The van der Waals surface area contributed by atoms with Crippen LogP contribution in [0.2, 0.25) is 0 Å². The number of carbonyl (C=O) groups is 1. The van der Waals surface area contributed by atoms with Gasteiger partial charge in [-0.05, 0) is 48.9 Å². The van der Waals surface area contributed by atoms with Gasteiger partial charge < -0.3 is 5.32 Å². The highest BCUT2D eigenvalue weighted by Gasteiger charge is 2.50. The third-order valence-corrected chi connectivity index (χ3v) is 5.27. The Morgan fingerprint density at radius 3 is 2.21 bits per heavy atom. The molecule has 1 amide bonds.